The first-order valence-electron chi connectivity index (χ1n) is 9.06. The highest BCUT2D eigenvalue weighted by Gasteiger charge is 2.30. The van der Waals surface area contributed by atoms with Gasteiger partial charge in [0.05, 0.1) is 11.0 Å². The molecule has 2 heterocycles. The van der Waals surface area contributed by atoms with Crippen LogP contribution in [0.4, 0.5) is 5.69 Å². The molecule has 0 aliphatic carbocycles. The van der Waals surface area contributed by atoms with E-state index in [-0.39, 0.29) is 17.6 Å². The molecule has 6 nitrogen and oxygen atoms in total. The van der Waals surface area contributed by atoms with Crippen molar-refractivity contribution in [3.8, 4) is 0 Å². The van der Waals surface area contributed by atoms with Crippen LogP contribution in [0.3, 0.4) is 0 Å². The first kappa shape index (κ1) is 17.7. The van der Waals surface area contributed by atoms with Gasteiger partial charge in [-0.15, -0.1) is 0 Å². The molecule has 0 fully saturated rings. The van der Waals surface area contributed by atoms with Crippen LogP contribution in [-0.2, 0) is 11.3 Å². The molecule has 1 unspecified atom stereocenters. The number of nitrogens with zero attached hydrogens (tertiary/aromatic N) is 3. The SMILES string of the molecule is O=C(/C=C/c1cccc([N+](=O)[O-])c1)N1CCn2cccc2C1c1ccccc1. The van der Waals surface area contributed by atoms with E-state index in [1.807, 2.05) is 53.6 Å². The summed E-state index contributed by atoms with van der Waals surface area (Å²) < 4.78 is 2.17. The second kappa shape index (κ2) is 7.52. The Morgan fingerprint density at radius 2 is 1.86 bits per heavy atom. The van der Waals surface area contributed by atoms with Crippen molar-refractivity contribution in [2.75, 3.05) is 6.54 Å². The van der Waals surface area contributed by atoms with Crippen LogP contribution >= 0.6 is 0 Å². The first-order chi connectivity index (χ1) is 13.6. The molecule has 1 atom stereocenters. The highest BCUT2D eigenvalue weighted by atomic mass is 16.6. The topological polar surface area (TPSA) is 68.4 Å². The summed E-state index contributed by atoms with van der Waals surface area (Å²) in [5.41, 5.74) is 2.76. The average Bonchev–Trinajstić information content (AvgIpc) is 3.21. The summed E-state index contributed by atoms with van der Waals surface area (Å²) in [5, 5.41) is 10.9. The summed E-state index contributed by atoms with van der Waals surface area (Å²) in [6.45, 7) is 1.33. The average molecular weight is 373 g/mol. The fourth-order valence-electron chi connectivity index (χ4n) is 3.61. The molecule has 1 aliphatic heterocycles. The number of carbonyl (C=O) groups is 1. The zero-order chi connectivity index (χ0) is 19.5. The van der Waals surface area contributed by atoms with E-state index < -0.39 is 4.92 Å². The molecule has 0 saturated carbocycles. The number of nitro benzene ring substituents is 1. The van der Waals surface area contributed by atoms with Gasteiger partial charge in [-0.3, -0.25) is 14.9 Å². The quantitative estimate of drug-likeness (QED) is 0.394. The highest BCUT2D eigenvalue weighted by Crippen LogP contribution is 2.32. The van der Waals surface area contributed by atoms with Gasteiger partial charge in [0.25, 0.3) is 5.69 Å². The molecule has 0 radical (unpaired) electrons. The van der Waals surface area contributed by atoms with Gasteiger partial charge < -0.3 is 9.47 Å². The number of aromatic nitrogens is 1. The first-order valence-corrected chi connectivity index (χ1v) is 9.06. The van der Waals surface area contributed by atoms with Crippen LogP contribution in [0.1, 0.15) is 22.9 Å². The van der Waals surface area contributed by atoms with Crippen molar-refractivity contribution in [2.45, 2.75) is 12.6 Å². The number of hydrogen-bond acceptors (Lipinski definition) is 3. The number of carbonyl (C=O) groups excluding carboxylic acids is 1. The summed E-state index contributed by atoms with van der Waals surface area (Å²) in [7, 11) is 0. The van der Waals surface area contributed by atoms with Crippen LogP contribution in [0.25, 0.3) is 6.08 Å². The molecular formula is C22H19N3O3. The van der Waals surface area contributed by atoms with Crippen LogP contribution in [0.2, 0.25) is 0 Å². The van der Waals surface area contributed by atoms with Crippen LogP contribution in [0.15, 0.2) is 79.0 Å². The Morgan fingerprint density at radius 1 is 1.04 bits per heavy atom. The van der Waals surface area contributed by atoms with Crippen LogP contribution in [-0.4, -0.2) is 26.8 Å². The van der Waals surface area contributed by atoms with Crippen LogP contribution < -0.4 is 0 Å². The van der Waals surface area contributed by atoms with Gasteiger partial charge in [0.15, 0.2) is 0 Å². The Labute approximate surface area is 162 Å². The van der Waals surface area contributed by atoms with Gasteiger partial charge in [-0.2, -0.15) is 0 Å². The Bertz CT molecular complexity index is 1040. The minimum absolute atomic E-state index is 0.00700. The molecule has 140 valence electrons. The smallest absolute Gasteiger partial charge is 0.270 e. The Kier molecular flexibility index (Phi) is 4.76. The second-order valence-corrected chi connectivity index (χ2v) is 6.66. The molecule has 1 aliphatic rings. The summed E-state index contributed by atoms with van der Waals surface area (Å²) >= 11 is 0. The van der Waals surface area contributed by atoms with E-state index in [0.29, 0.717) is 12.1 Å². The normalized spacial score (nSPS) is 16.1. The molecule has 1 aromatic heterocycles. The molecule has 4 rings (SSSR count). The minimum atomic E-state index is -0.441. The standard InChI is InChI=1S/C22H19N3O3/c26-21(12-11-17-6-4-9-19(16-17)25(27)28)24-15-14-23-13-5-10-20(23)22(24)18-7-2-1-3-8-18/h1-13,16,22H,14-15H2/b12-11+. The molecule has 0 saturated heterocycles. The lowest BCUT2D eigenvalue weighted by Gasteiger charge is -2.36. The lowest BCUT2D eigenvalue weighted by atomic mass is 10.00. The van der Waals surface area contributed by atoms with Crippen molar-refractivity contribution in [3.63, 3.8) is 0 Å². The van der Waals surface area contributed by atoms with Crippen LogP contribution in [0.5, 0.6) is 0 Å². The van der Waals surface area contributed by atoms with Gasteiger partial charge >= 0.3 is 0 Å². The summed E-state index contributed by atoms with van der Waals surface area (Å²) in [4.78, 5) is 25.3. The van der Waals surface area contributed by atoms with E-state index >= 15 is 0 Å². The summed E-state index contributed by atoms with van der Waals surface area (Å²) in [6.07, 6.45) is 5.16. The van der Waals surface area contributed by atoms with E-state index in [1.165, 1.54) is 18.2 Å². The molecule has 0 spiro atoms. The molecule has 6 heteroatoms. The lowest BCUT2D eigenvalue weighted by Crippen LogP contribution is -2.41. The van der Waals surface area contributed by atoms with E-state index in [4.69, 9.17) is 0 Å². The summed E-state index contributed by atoms with van der Waals surface area (Å²) in [5.74, 6) is -0.118. The number of hydrogen-bond donors (Lipinski definition) is 0. The Hall–Kier alpha value is -3.67. The summed E-state index contributed by atoms with van der Waals surface area (Å²) in [6, 6.07) is 20.1. The highest BCUT2D eigenvalue weighted by molar-refractivity contribution is 5.92. The van der Waals surface area contributed by atoms with Crippen molar-refractivity contribution < 1.29 is 9.72 Å². The third-order valence-electron chi connectivity index (χ3n) is 4.94. The van der Waals surface area contributed by atoms with E-state index in [2.05, 4.69) is 4.57 Å². The minimum Gasteiger partial charge on any atom is -0.348 e. The zero-order valence-electron chi connectivity index (χ0n) is 15.1. The van der Waals surface area contributed by atoms with Crippen molar-refractivity contribution in [1.29, 1.82) is 0 Å². The predicted octanol–water partition coefficient (Wildman–Crippen LogP) is 4.04. The number of benzene rings is 2. The monoisotopic (exact) mass is 373 g/mol. The fraction of sp³-hybridized carbons (Fsp3) is 0.136. The van der Waals surface area contributed by atoms with Gasteiger partial charge in [-0.1, -0.05) is 42.5 Å². The third kappa shape index (κ3) is 3.44. The van der Waals surface area contributed by atoms with Crippen molar-refractivity contribution in [2.24, 2.45) is 0 Å². The predicted molar refractivity (Wildman–Crippen MR) is 107 cm³/mol. The van der Waals surface area contributed by atoms with Gasteiger partial charge in [0, 0.05) is 43.2 Å². The fourth-order valence-corrected chi connectivity index (χ4v) is 3.61. The van der Waals surface area contributed by atoms with Crippen LogP contribution in [0, 0.1) is 10.1 Å². The van der Waals surface area contributed by atoms with Crippen molar-refractivity contribution in [1.82, 2.24) is 9.47 Å². The molecule has 28 heavy (non-hydrogen) atoms. The van der Waals surface area contributed by atoms with E-state index in [1.54, 1.807) is 18.2 Å². The van der Waals surface area contributed by atoms with Crippen molar-refractivity contribution in [3.05, 3.63) is 106 Å². The number of fused-ring (bicyclic) bond motifs is 1. The largest absolute Gasteiger partial charge is 0.348 e. The van der Waals surface area contributed by atoms with Gasteiger partial charge in [0.2, 0.25) is 5.91 Å². The second-order valence-electron chi connectivity index (χ2n) is 6.66. The van der Waals surface area contributed by atoms with Gasteiger partial charge in [-0.25, -0.2) is 0 Å². The molecule has 3 aromatic rings. The zero-order valence-corrected chi connectivity index (χ0v) is 15.1. The van der Waals surface area contributed by atoms with Gasteiger partial charge in [-0.05, 0) is 29.3 Å². The molecule has 2 aromatic carbocycles. The van der Waals surface area contributed by atoms with Crippen molar-refractivity contribution >= 4 is 17.7 Å². The maximum Gasteiger partial charge on any atom is 0.270 e. The molecule has 1 amide bonds. The van der Waals surface area contributed by atoms with E-state index in [0.717, 1.165) is 17.8 Å². The number of nitro groups is 1. The van der Waals surface area contributed by atoms with E-state index in [9.17, 15) is 14.9 Å². The maximum atomic E-state index is 13.0. The van der Waals surface area contributed by atoms with Gasteiger partial charge in [0.1, 0.15) is 0 Å². The number of amides is 1. The lowest BCUT2D eigenvalue weighted by molar-refractivity contribution is -0.384. The third-order valence-corrected chi connectivity index (χ3v) is 4.94. The molecular weight excluding hydrogens is 354 g/mol. The Morgan fingerprint density at radius 3 is 2.64 bits per heavy atom. The molecule has 0 N–H and O–H groups in total. The maximum absolute atomic E-state index is 13.0. The number of rotatable bonds is 4. The Balaban J connectivity index is 1.63. The molecule has 0 bridgehead atoms. The number of non-ortho nitro benzene ring substituents is 1.